The monoisotopic (exact) mass is 674 g/mol. The third kappa shape index (κ3) is 37.6. The van der Waals surface area contributed by atoms with E-state index in [1.54, 1.807) is 13.8 Å². The van der Waals surface area contributed by atoms with Crippen molar-refractivity contribution in [3.05, 3.63) is 0 Å². The number of unbranched alkanes of at least 4 members (excludes halogenated alkanes) is 28. The van der Waals surface area contributed by atoms with E-state index in [0.717, 1.165) is 25.7 Å². The van der Waals surface area contributed by atoms with Crippen molar-refractivity contribution in [1.82, 2.24) is 5.32 Å². The first-order chi connectivity index (χ1) is 22.0. The summed E-state index contributed by atoms with van der Waals surface area (Å²) in [5.41, 5.74) is 0. The molecule has 0 saturated heterocycles. The number of esters is 2. The number of hydrogen-bond acceptors (Lipinski definition) is 5. The van der Waals surface area contributed by atoms with Crippen molar-refractivity contribution in [2.45, 2.75) is 246 Å². The van der Waals surface area contributed by atoms with E-state index in [0.29, 0.717) is 12.8 Å². The summed E-state index contributed by atoms with van der Waals surface area (Å²) in [6, 6.07) is 0. The molecule has 46 heavy (non-hydrogen) atoms. The van der Waals surface area contributed by atoms with Gasteiger partial charge in [-0.1, -0.05) is 194 Å². The van der Waals surface area contributed by atoms with Crippen molar-refractivity contribution in [3.63, 3.8) is 0 Å². The first kappa shape index (κ1) is 47.3. The van der Waals surface area contributed by atoms with Gasteiger partial charge in [-0.15, -0.1) is 12.4 Å². The van der Waals surface area contributed by atoms with Crippen LogP contribution in [0.4, 0.5) is 0 Å². The summed E-state index contributed by atoms with van der Waals surface area (Å²) < 4.78 is 10.9. The van der Waals surface area contributed by atoms with E-state index >= 15 is 0 Å². The van der Waals surface area contributed by atoms with Gasteiger partial charge < -0.3 is 9.47 Å². The molecular formula is C40H80ClNO4. The van der Waals surface area contributed by atoms with Gasteiger partial charge >= 0.3 is 11.9 Å². The van der Waals surface area contributed by atoms with Crippen LogP contribution in [-0.4, -0.2) is 24.4 Å². The van der Waals surface area contributed by atoms with Crippen LogP contribution in [0.1, 0.15) is 233 Å². The van der Waals surface area contributed by atoms with E-state index in [1.807, 2.05) is 0 Å². The summed E-state index contributed by atoms with van der Waals surface area (Å²) in [5, 5.41) is 3.06. The van der Waals surface area contributed by atoms with Gasteiger partial charge in [0.1, 0.15) is 0 Å². The topological polar surface area (TPSA) is 64.6 Å². The Labute approximate surface area is 293 Å². The average molecular weight is 675 g/mol. The molecule has 0 saturated carbocycles. The molecule has 0 aromatic rings. The largest absolute Gasteiger partial charge is 0.447 e. The van der Waals surface area contributed by atoms with Gasteiger partial charge in [0.15, 0.2) is 12.5 Å². The van der Waals surface area contributed by atoms with Crippen LogP contribution in [0.25, 0.3) is 0 Å². The minimum absolute atomic E-state index is 0. The van der Waals surface area contributed by atoms with Gasteiger partial charge in [0.25, 0.3) is 0 Å². The third-order valence-corrected chi connectivity index (χ3v) is 9.05. The molecule has 1 N–H and O–H groups in total. The fraction of sp³-hybridized carbons (Fsp3) is 0.950. The Morgan fingerprint density at radius 2 is 0.587 bits per heavy atom. The zero-order chi connectivity index (χ0) is 33.1. The Bertz CT molecular complexity index is 580. The standard InChI is InChI=1S/C40H79NO4.ClH/c1-5-7-9-11-13-15-17-19-21-23-25-27-29-31-33-35-39(42)44-37(3)41-38(4)45-40(43)36-34-32-30-28-26-24-22-20-18-16-14-12-10-8-6-2;/h37-38,41H,5-36H2,1-4H3;1H. The molecule has 2 atom stereocenters. The Morgan fingerprint density at radius 1 is 0.391 bits per heavy atom. The molecule has 0 aliphatic carbocycles. The van der Waals surface area contributed by atoms with Gasteiger partial charge in [-0.05, 0) is 26.7 Å². The zero-order valence-corrected chi connectivity index (χ0v) is 32.1. The predicted molar refractivity (Wildman–Crippen MR) is 201 cm³/mol. The molecule has 0 aliphatic heterocycles. The predicted octanol–water partition coefficient (Wildman–Crippen LogP) is 13.3. The van der Waals surface area contributed by atoms with Gasteiger partial charge in [-0.3, -0.25) is 9.59 Å². The second-order valence-electron chi connectivity index (χ2n) is 13.8. The lowest BCUT2D eigenvalue weighted by Crippen LogP contribution is -2.40. The van der Waals surface area contributed by atoms with Crippen LogP contribution in [-0.2, 0) is 19.1 Å². The van der Waals surface area contributed by atoms with Gasteiger partial charge in [-0.2, -0.15) is 0 Å². The molecule has 0 aromatic heterocycles. The van der Waals surface area contributed by atoms with Crippen LogP contribution in [0.2, 0.25) is 0 Å². The Hall–Kier alpha value is -0.810. The van der Waals surface area contributed by atoms with E-state index in [-0.39, 0.29) is 24.3 Å². The highest BCUT2D eigenvalue weighted by Crippen LogP contribution is 2.15. The van der Waals surface area contributed by atoms with Gasteiger partial charge in [-0.25, -0.2) is 5.32 Å². The molecule has 276 valence electrons. The highest BCUT2D eigenvalue weighted by molar-refractivity contribution is 5.85. The second-order valence-corrected chi connectivity index (χ2v) is 13.8. The molecule has 0 radical (unpaired) electrons. The van der Waals surface area contributed by atoms with E-state index in [2.05, 4.69) is 19.2 Å². The highest BCUT2D eigenvalue weighted by atomic mass is 35.5. The summed E-state index contributed by atoms with van der Waals surface area (Å²) >= 11 is 0. The van der Waals surface area contributed by atoms with Gasteiger partial charge in [0.2, 0.25) is 0 Å². The first-order valence-corrected chi connectivity index (χ1v) is 20.1. The minimum Gasteiger partial charge on any atom is -0.447 e. The molecule has 0 aromatic carbocycles. The smallest absolute Gasteiger partial charge is 0.307 e. The lowest BCUT2D eigenvalue weighted by atomic mass is 10.0. The quantitative estimate of drug-likeness (QED) is 0.0407. The van der Waals surface area contributed by atoms with Crippen molar-refractivity contribution >= 4 is 24.3 Å². The zero-order valence-electron chi connectivity index (χ0n) is 31.3. The summed E-state index contributed by atoms with van der Waals surface area (Å²) in [4.78, 5) is 24.4. The van der Waals surface area contributed by atoms with Gasteiger partial charge in [0.05, 0.1) is 0 Å². The van der Waals surface area contributed by atoms with E-state index in [9.17, 15) is 9.59 Å². The second kappa shape index (κ2) is 38.6. The third-order valence-electron chi connectivity index (χ3n) is 9.05. The van der Waals surface area contributed by atoms with E-state index in [4.69, 9.17) is 9.47 Å². The molecule has 0 rings (SSSR count). The van der Waals surface area contributed by atoms with Crippen molar-refractivity contribution in [2.24, 2.45) is 0 Å². The lowest BCUT2D eigenvalue weighted by Gasteiger charge is -2.20. The Kier molecular flexibility index (Phi) is 39.7. The number of ether oxygens (including phenoxy) is 2. The number of hydrogen-bond donors (Lipinski definition) is 1. The molecule has 0 spiro atoms. The highest BCUT2D eigenvalue weighted by Gasteiger charge is 2.15. The van der Waals surface area contributed by atoms with Crippen LogP contribution in [0.15, 0.2) is 0 Å². The Morgan fingerprint density at radius 3 is 0.804 bits per heavy atom. The molecule has 0 bridgehead atoms. The van der Waals surface area contributed by atoms with Crippen LogP contribution in [0, 0.1) is 0 Å². The van der Waals surface area contributed by atoms with Gasteiger partial charge in [0, 0.05) is 12.8 Å². The van der Waals surface area contributed by atoms with E-state index in [1.165, 1.54) is 167 Å². The van der Waals surface area contributed by atoms with Crippen molar-refractivity contribution in [2.75, 3.05) is 0 Å². The molecule has 2 unspecified atom stereocenters. The molecule has 0 fully saturated rings. The fourth-order valence-electron chi connectivity index (χ4n) is 6.19. The first-order valence-electron chi connectivity index (χ1n) is 20.1. The molecule has 0 amide bonds. The number of carbonyl (C=O) groups is 2. The van der Waals surface area contributed by atoms with Crippen LogP contribution >= 0.6 is 12.4 Å². The number of nitrogens with one attached hydrogen (secondary N) is 1. The number of carbonyl (C=O) groups excluding carboxylic acids is 2. The summed E-state index contributed by atoms with van der Waals surface area (Å²) in [6.07, 6.45) is 39.3. The number of halogens is 1. The summed E-state index contributed by atoms with van der Waals surface area (Å²) in [6.45, 7) is 8.14. The average Bonchev–Trinajstić information content (AvgIpc) is 3.00. The van der Waals surface area contributed by atoms with Crippen molar-refractivity contribution in [3.8, 4) is 0 Å². The molecule has 6 heteroatoms. The fourth-order valence-corrected chi connectivity index (χ4v) is 6.19. The maximum Gasteiger partial charge on any atom is 0.307 e. The van der Waals surface area contributed by atoms with Crippen LogP contribution in [0.3, 0.4) is 0 Å². The van der Waals surface area contributed by atoms with Crippen molar-refractivity contribution < 1.29 is 19.1 Å². The maximum absolute atomic E-state index is 12.2. The number of rotatable bonds is 36. The molecular weight excluding hydrogens is 594 g/mol. The minimum atomic E-state index is -0.470. The SMILES string of the molecule is CCCCCCCCCCCCCCCCCC(=O)OC(C)NC(C)OC(=O)CCCCCCCCCCCCCCCCC.Cl. The Balaban J connectivity index is 0. The van der Waals surface area contributed by atoms with Crippen molar-refractivity contribution in [1.29, 1.82) is 0 Å². The molecule has 0 aliphatic rings. The van der Waals surface area contributed by atoms with Crippen LogP contribution < -0.4 is 5.32 Å². The van der Waals surface area contributed by atoms with E-state index < -0.39 is 12.5 Å². The normalized spacial score (nSPS) is 12.4. The van der Waals surface area contributed by atoms with Crippen LogP contribution in [0.5, 0.6) is 0 Å². The molecule has 5 nitrogen and oxygen atoms in total. The lowest BCUT2D eigenvalue weighted by molar-refractivity contribution is -0.157. The maximum atomic E-state index is 12.2. The summed E-state index contributed by atoms with van der Waals surface area (Å²) in [5.74, 6) is -0.359. The summed E-state index contributed by atoms with van der Waals surface area (Å²) in [7, 11) is 0. The molecule has 0 heterocycles.